The Morgan fingerprint density at radius 1 is 1.15 bits per heavy atom. The average molecular weight is 307 g/mol. The molecule has 3 rings (SSSR count). The van der Waals surface area contributed by atoms with Crippen LogP contribution in [-0.4, -0.2) is 16.0 Å². The normalized spacial score (nSPS) is 17.4. The molecule has 1 fully saturated rings. The highest BCUT2D eigenvalue weighted by Crippen LogP contribution is 2.34. The molecular formula is C15H21N3S2. The number of hydrogen-bond donors (Lipinski definition) is 1. The van der Waals surface area contributed by atoms with Crippen LogP contribution in [0.2, 0.25) is 0 Å². The molecule has 1 atom stereocenters. The summed E-state index contributed by atoms with van der Waals surface area (Å²) in [6.07, 6.45) is 2.55. The number of thiazole rings is 2. The van der Waals surface area contributed by atoms with E-state index in [0.717, 1.165) is 15.7 Å². The zero-order valence-electron chi connectivity index (χ0n) is 12.4. The fourth-order valence-electron chi connectivity index (χ4n) is 2.00. The van der Waals surface area contributed by atoms with Gasteiger partial charge in [0.2, 0.25) is 0 Å². The van der Waals surface area contributed by atoms with Gasteiger partial charge in [-0.25, -0.2) is 9.97 Å². The molecular weight excluding hydrogens is 286 g/mol. The van der Waals surface area contributed by atoms with E-state index >= 15 is 0 Å². The zero-order valence-corrected chi connectivity index (χ0v) is 14.1. The van der Waals surface area contributed by atoms with Crippen molar-refractivity contribution in [2.45, 2.75) is 58.0 Å². The number of nitrogens with one attached hydrogen (secondary N) is 1. The minimum absolute atomic E-state index is 0.109. The van der Waals surface area contributed by atoms with E-state index in [1.54, 1.807) is 22.7 Å². The summed E-state index contributed by atoms with van der Waals surface area (Å²) in [5, 5.41) is 10.3. The second-order valence-corrected chi connectivity index (χ2v) is 8.30. The smallest absolute Gasteiger partial charge is 0.117 e. The number of rotatable bonds is 4. The predicted octanol–water partition coefficient (Wildman–Crippen LogP) is 4.05. The van der Waals surface area contributed by atoms with Crippen molar-refractivity contribution in [1.29, 1.82) is 0 Å². The number of aromatic nitrogens is 2. The quantitative estimate of drug-likeness (QED) is 0.926. The molecule has 0 saturated heterocycles. The van der Waals surface area contributed by atoms with Gasteiger partial charge in [0, 0.05) is 27.9 Å². The molecule has 2 aromatic rings. The second kappa shape index (κ2) is 5.20. The molecule has 0 aromatic carbocycles. The topological polar surface area (TPSA) is 37.8 Å². The summed E-state index contributed by atoms with van der Waals surface area (Å²) >= 11 is 3.48. The van der Waals surface area contributed by atoms with Crippen LogP contribution >= 0.6 is 22.7 Å². The zero-order chi connectivity index (χ0) is 14.3. The Labute approximate surface area is 128 Å². The van der Waals surface area contributed by atoms with Crippen molar-refractivity contribution in [2.24, 2.45) is 0 Å². The van der Waals surface area contributed by atoms with Crippen LogP contribution in [0.25, 0.3) is 0 Å². The molecule has 20 heavy (non-hydrogen) atoms. The van der Waals surface area contributed by atoms with E-state index in [1.807, 2.05) is 0 Å². The van der Waals surface area contributed by atoms with Gasteiger partial charge in [-0.15, -0.1) is 22.7 Å². The fourth-order valence-corrected chi connectivity index (χ4v) is 4.04. The maximum Gasteiger partial charge on any atom is 0.117 e. The molecule has 1 N–H and O–H groups in total. The number of nitrogens with zero attached hydrogens (tertiary/aromatic N) is 2. The van der Waals surface area contributed by atoms with E-state index in [0.29, 0.717) is 6.04 Å². The molecule has 0 aliphatic heterocycles. The van der Waals surface area contributed by atoms with Gasteiger partial charge >= 0.3 is 0 Å². The van der Waals surface area contributed by atoms with Crippen LogP contribution in [-0.2, 0) is 5.41 Å². The van der Waals surface area contributed by atoms with Crippen LogP contribution in [0.4, 0.5) is 0 Å². The number of hydrogen-bond acceptors (Lipinski definition) is 5. The summed E-state index contributed by atoms with van der Waals surface area (Å²) in [4.78, 5) is 9.53. The van der Waals surface area contributed by atoms with Crippen LogP contribution < -0.4 is 5.32 Å². The van der Waals surface area contributed by atoms with Crippen molar-refractivity contribution >= 4 is 22.7 Å². The Balaban J connectivity index is 1.90. The lowest BCUT2D eigenvalue weighted by molar-refractivity contribution is 0.556. The van der Waals surface area contributed by atoms with Gasteiger partial charge in [-0.2, -0.15) is 0 Å². The summed E-state index contributed by atoms with van der Waals surface area (Å²) in [7, 11) is 0. The third-order valence-electron chi connectivity index (χ3n) is 3.40. The van der Waals surface area contributed by atoms with Crippen molar-refractivity contribution in [3.63, 3.8) is 0 Å². The summed E-state index contributed by atoms with van der Waals surface area (Å²) in [6.45, 7) is 8.69. The molecule has 0 spiro atoms. The van der Waals surface area contributed by atoms with E-state index < -0.39 is 0 Å². The largest absolute Gasteiger partial charge is 0.299 e. The molecule has 0 bridgehead atoms. The van der Waals surface area contributed by atoms with Gasteiger partial charge < -0.3 is 0 Å². The summed E-state index contributed by atoms with van der Waals surface area (Å²) in [5.74, 6) is 0. The molecule has 2 aromatic heterocycles. The summed E-state index contributed by atoms with van der Waals surface area (Å²) in [5.41, 5.74) is 2.38. The van der Waals surface area contributed by atoms with E-state index in [9.17, 15) is 0 Å². The van der Waals surface area contributed by atoms with Gasteiger partial charge in [0.15, 0.2) is 0 Å². The first-order chi connectivity index (χ1) is 9.43. The summed E-state index contributed by atoms with van der Waals surface area (Å²) in [6, 6.07) is 0.813. The average Bonchev–Trinajstić information content (AvgIpc) is 2.88. The summed E-state index contributed by atoms with van der Waals surface area (Å²) < 4.78 is 0. The van der Waals surface area contributed by atoms with Gasteiger partial charge in [0.25, 0.3) is 0 Å². The first-order valence-electron chi connectivity index (χ1n) is 7.07. The Hall–Kier alpha value is -0.780. The van der Waals surface area contributed by atoms with Crippen molar-refractivity contribution in [1.82, 2.24) is 15.3 Å². The van der Waals surface area contributed by atoms with Crippen molar-refractivity contribution in [3.8, 4) is 0 Å². The molecule has 3 nitrogen and oxygen atoms in total. The highest BCUT2D eigenvalue weighted by atomic mass is 32.1. The maximum atomic E-state index is 4.87. The monoisotopic (exact) mass is 307 g/mol. The number of aryl methyl sites for hydroxylation is 1. The maximum absolute atomic E-state index is 4.87. The predicted molar refractivity (Wildman–Crippen MR) is 85.7 cm³/mol. The third kappa shape index (κ3) is 3.10. The lowest BCUT2D eigenvalue weighted by Gasteiger charge is -2.16. The van der Waals surface area contributed by atoms with Crippen LogP contribution in [0.3, 0.4) is 0 Å². The van der Waals surface area contributed by atoms with Crippen LogP contribution in [0, 0.1) is 6.92 Å². The van der Waals surface area contributed by atoms with Gasteiger partial charge in [-0.3, -0.25) is 5.32 Å². The molecule has 1 aliphatic rings. The van der Waals surface area contributed by atoms with E-state index in [1.165, 1.54) is 18.5 Å². The van der Waals surface area contributed by atoms with Crippen LogP contribution in [0.15, 0.2) is 10.8 Å². The Kier molecular flexibility index (Phi) is 3.69. The molecule has 0 radical (unpaired) electrons. The van der Waals surface area contributed by atoms with Crippen molar-refractivity contribution < 1.29 is 0 Å². The minimum Gasteiger partial charge on any atom is -0.299 e. The highest BCUT2D eigenvalue weighted by molar-refractivity contribution is 7.11. The second-order valence-electron chi connectivity index (χ2n) is 6.52. The molecule has 5 heteroatoms. The minimum atomic E-state index is 0.109. The Bertz CT molecular complexity index is 590. The standard InChI is InChI=1S/C15H21N3S2/c1-9-7-19-13(16-9)12(17-10-5-6-10)14-18-11(8-20-14)15(2,3)4/h7-8,10,12,17H,5-6H2,1-4H3. The van der Waals surface area contributed by atoms with Gasteiger partial charge in [0.1, 0.15) is 16.1 Å². The van der Waals surface area contributed by atoms with Gasteiger partial charge in [-0.05, 0) is 19.8 Å². The lowest BCUT2D eigenvalue weighted by Crippen LogP contribution is -2.24. The third-order valence-corrected chi connectivity index (χ3v) is 5.34. The van der Waals surface area contributed by atoms with Gasteiger partial charge in [0.05, 0.1) is 5.69 Å². The molecule has 1 saturated carbocycles. The lowest BCUT2D eigenvalue weighted by atomic mass is 9.93. The van der Waals surface area contributed by atoms with Gasteiger partial charge in [-0.1, -0.05) is 20.8 Å². The van der Waals surface area contributed by atoms with E-state index in [2.05, 4.69) is 48.8 Å². The first kappa shape index (κ1) is 14.2. The van der Waals surface area contributed by atoms with E-state index in [4.69, 9.17) is 4.98 Å². The van der Waals surface area contributed by atoms with E-state index in [-0.39, 0.29) is 11.5 Å². The molecule has 1 aliphatic carbocycles. The molecule has 2 heterocycles. The van der Waals surface area contributed by atoms with Crippen molar-refractivity contribution in [2.75, 3.05) is 0 Å². The highest BCUT2D eigenvalue weighted by Gasteiger charge is 2.30. The molecule has 1 unspecified atom stereocenters. The molecule has 108 valence electrons. The Morgan fingerprint density at radius 3 is 2.30 bits per heavy atom. The van der Waals surface area contributed by atoms with Crippen LogP contribution in [0.5, 0.6) is 0 Å². The Morgan fingerprint density at radius 2 is 1.80 bits per heavy atom. The molecule has 0 amide bonds. The van der Waals surface area contributed by atoms with Crippen LogP contribution in [0.1, 0.15) is 61.1 Å². The van der Waals surface area contributed by atoms with Crippen molar-refractivity contribution in [3.05, 3.63) is 32.2 Å². The first-order valence-corrected chi connectivity index (χ1v) is 8.83. The SMILES string of the molecule is Cc1csc(C(NC2CC2)c2nc(C(C)(C)C)cs2)n1. The fraction of sp³-hybridized carbons (Fsp3) is 0.600.